The van der Waals surface area contributed by atoms with Crippen LogP contribution in [0.2, 0.25) is 0 Å². The van der Waals surface area contributed by atoms with Gasteiger partial charge in [-0.3, -0.25) is 4.79 Å². The predicted molar refractivity (Wildman–Crippen MR) is 60.1 cm³/mol. The van der Waals surface area contributed by atoms with Gasteiger partial charge in [-0.1, -0.05) is 13.8 Å². The zero-order chi connectivity index (χ0) is 13.9. The maximum Gasteiger partial charge on any atom is 0.405 e. The average molecular weight is 263 g/mol. The lowest BCUT2D eigenvalue weighted by Crippen LogP contribution is -2.38. The highest BCUT2D eigenvalue weighted by Gasteiger charge is 2.29. The molecule has 0 spiro atoms. The monoisotopic (exact) mass is 263 g/mol. The maximum atomic E-state index is 12.0. The lowest BCUT2D eigenvalue weighted by Gasteiger charge is -2.18. The van der Waals surface area contributed by atoms with Gasteiger partial charge < -0.3 is 9.88 Å². The minimum Gasteiger partial charge on any atom is -0.345 e. The van der Waals surface area contributed by atoms with Crippen LogP contribution in [-0.2, 0) is 4.79 Å². The summed E-state index contributed by atoms with van der Waals surface area (Å²) in [5.74, 6) is 0.0924. The highest BCUT2D eigenvalue weighted by molar-refractivity contribution is 5.80. The highest BCUT2D eigenvalue weighted by Crippen LogP contribution is 2.18. The molecule has 1 aromatic heterocycles. The quantitative estimate of drug-likeness (QED) is 0.905. The lowest BCUT2D eigenvalue weighted by atomic mass is 10.2. The molecule has 1 aromatic rings. The summed E-state index contributed by atoms with van der Waals surface area (Å²) in [7, 11) is 0. The summed E-state index contributed by atoms with van der Waals surface area (Å²) in [5, 5.41) is 1.86. The number of carbonyl (C=O) groups excluding carboxylic acids is 1. The number of hydrogen-bond acceptors (Lipinski definition) is 2. The number of imidazole rings is 1. The predicted octanol–water partition coefficient (Wildman–Crippen LogP) is 2.25. The van der Waals surface area contributed by atoms with E-state index in [-0.39, 0.29) is 5.92 Å². The van der Waals surface area contributed by atoms with E-state index in [1.807, 2.05) is 19.2 Å². The number of halogens is 3. The molecule has 1 rings (SSSR count). The zero-order valence-corrected chi connectivity index (χ0v) is 10.5. The topological polar surface area (TPSA) is 46.9 Å². The Morgan fingerprint density at radius 2 is 2.06 bits per heavy atom. The van der Waals surface area contributed by atoms with Gasteiger partial charge in [-0.05, 0) is 6.92 Å². The van der Waals surface area contributed by atoms with Crippen molar-refractivity contribution < 1.29 is 18.0 Å². The van der Waals surface area contributed by atoms with E-state index >= 15 is 0 Å². The van der Waals surface area contributed by atoms with Gasteiger partial charge in [-0.2, -0.15) is 13.2 Å². The summed E-state index contributed by atoms with van der Waals surface area (Å²) in [4.78, 5) is 15.7. The smallest absolute Gasteiger partial charge is 0.345 e. The number of aromatic nitrogens is 2. The molecule has 102 valence electrons. The van der Waals surface area contributed by atoms with E-state index in [4.69, 9.17) is 0 Å². The van der Waals surface area contributed by atoms with E-state index in [2.05, 4.69) is 4.98 Å². The second-order valence-corrected chi connectivity index (χ2v) is 4.36. The van der Waals surface area contributed by atoms with Crippen molar-refractivity contribution in [1.82, 2.24) is 14.9 Å². The molecule has 7 heteroatoms. The molecule has 0 bridgehead atoms. The van der Waals surface area contributed by atoms with E-state index in [0.717, 1.165) is 0 Å². The lowest BCUT2D eigenvalue weighted by molar-refractivity contribution is -0.140. The normalized spacial score (nSPS) is 13.7. The Bertz CT molecular complexity index is 412. The first-order valence-corrected chi connectivity index (χ1v) is 5.59. The van der Waals surface area contributed by atoms with Crippen molar-refractivity contribution in [3.05, 3.63) is 18.2 Å². The van der Waals surface area contributed by atoms with Gasteiger partial charge in [0.15, 0.2) is 0 Å². The molecule has 1 atom stereocenters. The van der Waals surface area contributed by atoms with Gasteiger partial charge in [-0.25, -0.2) is 4.98 Å². The molecule has 18 heavy (non-hydrogen) atoms. The maximum absolute atomic E-state index is 12.0. The van der Waals surface area contributed by atoms with Gasteiger partial charge in [0.25, 0.3) is 0 Å². The van der Waals surface area contributed by atoms with Crippen molar-refractivity contribution in [1.29, 1.82) is 0 Å². The minimum absolute atomic E-state index is 0.0952. The molecular formula is C11H16F3N3O. The van der Waals surface area contributed by atoms with Crippen LogP contribution in [0.5, 0.6) is 0 Å². The summed E-state index contributed by atoms with van der Waals surface area (Å²) in [6, 6.07) is -0.716. The fourth-order valence-electron chi connectivity index (χ4n) is 1.56. The van der Waals surface area contributed by atoms with E-state index in [9.17, 15) is 18.0 Å². The molecule has 1 amide bonds. The number of carbonyl (C=O) groups is 1. The van der Waals surface area contributed by atoms with Gasteiger partial charge in [0, 0.05) is 18.3 Å². The molecule has 0 saturated heterocycles. The molecule has 1 N–H and O–H groups in total. The Balaban J connectivity index is 2.72. The van der Waals surface area contributed by atoms with Crippen LogP contribution in [0.15, 0.2) is 12.4 Å². The van der Waals surface area contributed by atoms with Crippen molar-refractivity contribution in [2.45, 2.75) is 38.9 Å². The number of amides is 1. The highest BCUT2D eigenvalue weighted by atomic mass is 19.4. The standard InChI is InChI=1S/C11H16F3N3O/c1-7(2)9-15-4-5-17(9)8(3)10(18)16-6-11(12,13)14/h4-5,7-8H,6H2,1-3H3,(H,16,18). The van der Waals surface area contributed by atoms with Gasteiger partial charge in [0.05, 0.1) is 0 Å². The van der Waals surface area contributed by atoms with E-state index < -0.39 is 24.7 Å². The summed E-state index contributed by atoms with van der Waals surface area (Å²) in [5.41, 5.74) is 0. The van der Waals surface area contributed by atoms with E-state index in [0.29, 0.717) is 5.82 Å². The second kappa shape index (κ2) is 5.41. The molecule has 0 aliphatic carbocycles. The molecule has 4 nitrogen and oxygen atoms in total. The van der Waals surface area contributed by atoms with E-state index in [1.165, 1.54) is 6.20 Å². The number of rotatable bonds is 4. The van der Waals surface area contributed by atoms with Gasteiger partial charge in [0.2, 0.25) is 5.91 Å². The minimum atomic E-state index is -4.40. The molecule has 0 aromatic carbocycles. The molecule has 0 radical (unpaired) electrons. The van der Waals surface area contributed by atoms with Crippen molar-refractivity contribution in [2.75, 3.05) is 6.54 Å². The van der Waals surface area contributed by atoms with Crippen LogP contribution < -0.4 is 5.32 Å². The van der Waals surface area contributed by atoms with Crippen LogP contribution in [0.4, 0.5) is 13.2 Å². The number of nitrogens with zero attached hydrogens (tertiary/aromatic N) is 2. The van der Waals surface area contributed by atoms with Crippen molar-refractivity contribution in [2.24, 2.45) is 0 Å². The first kappa shape index (κ1) is 14.5. The average Bonchev–Trinajstić information content (AvgIpc) is 2.72. The molecule has 0 aliphatic rings. The van der Waals surface area contributed by atoms with Crippen LogP contribution in [0.25, 0.3) is 0 Å². The number of nitrogens with one attached hydrogen (secondary N) is 1. The van der Waals surface area contributed by atoms with Crippen molar-refractivity contribution in [3.8, 4) is 0 Å². The first-order chi connectivity index (χ1) is 8.22. The SMILES string of the molecule is CC(C)c1nccn1C(C)C(=O)NCC(F)(F)F. The third-order valence-corrected chi connectivity index (χ3v) is 2.47. The molecule has 0 fully saturated rings. The summed E-state index contributed by atoms with van der Waals surface area (Å²) in [6.45, 7) is 4.03. The Labute approximate surface area is 103 Å². The molecule has 0 aliphatic heterocycles. The largest absolute Gasteiger partial charge is 0.405 e. The number of alkyl halides is 3. The molecular weight excluding hydrogens is 247 g/mol. The fourth-order valence-corrected chi connectivity index (χ4v) is 1.56. The Kier molecular flexibility index (Phi) is 4.37. The van der Waals surface area contributed by atoms with Gasteiger partial charge in [-0.15, -0.1) is 0 Å². The zero-order valence-electron chi connectivity index (χ0n) is 10.5. The van der Waals surface area contributed by atoms with Crippen LogP contribution >= 0.6 is 0 Å². The Morgan fingerprint density at radius 1 is 1.44 bits per heavy atom. The number of hydrogen-bond donors (Lipinski definition) is 1. The Morgan fingerprint density at radius 3 is 2.56 bits per heavy atom. The van der Waals surface area contributed by atoms with Crippen LogP contribution in [-0.4, -0.2) is 28.2 Å². The van der Waals surface area contributed by atoms with Crippen molar-refractivity contribution >= 4 is 5.91 Å². The summed E-state index contributed by atoms with van der Waals surface area (Å²) in [6.07, 6.45) is -1.28. The second-order valence-electron chi connectivity index (χ2n) is 4.36. The van der Waals surface area contributed by atoms with Gasteiger partial charge in [0.1, 0.15) is 18.4 Å². The van der Waals surface area contributed by atoms with Gasteiger partial charge >= 0.3 is 6.18 Å². The van der Waals surface area contributed by atoms with Crippen LogP contribution in [0.1, 0.15) is 38.6 Å². The van der Waals surface area contributed by atoms with Crippen molar-refractivity contribution in [3.63, 3.8) is 0 Å². The summed E-state index contributed by atoms with van der Waals surface area (Å²) < 4.78 is 37.6. The molecule has 0 saturated carbocycles. The molecule has 1 unspecified atom stereocenters. The Hall–Kier alpha value is -1.53. The first-order valence-electron chi connectivity index (χ1n) is 5.59. The molecule has 1 heterocycles. The van der Waals surface area contributed by atoms with E-state index in [1.54, 1.807) is 17.7 Å². The van der Waals surface area contributed by atoms with Crippen LogP contribution in [0, 0.1) is 0 Å². The van der Waals surface area contributed by atoms with Crippen LogP contribution in [0.3, 0.4) is 0 Å². The summed E-state index contributed by atoms with van der Waals surface area (Å²) >= 11 is 0. The third kappa shape index (κ3) is 3.75. The fraction of sp³-hybridized carbons (Fsp3) is 0.636. The third-order valence-electron chi connectivity index (χ3n) is 2.47.